The molecular weight excluding hydrogens is 164 g/mol. The van der Waals surface area contributed by atoms with Gasteiger partial charge >= 0.3 is 0 Å². The van der Waals surface area contributed by atoms with Crippen LogP contribution in [0, 0.1) is 0 Å². The Labute approximate surface area is 79.7 Å². The van der Waals surface area contributed by atoms with Crippen molar-refractivity contribution in [2.45, 2.75) is 18.6 Å². The van der Waals surface area contributed by atoms with E-state index >= 15 is 0 Å². The van der Waals surface area contributed by atoms with Crippen LogP contribution in [-0.4, -0.2) is 41.9 Å². The molecule has 0 saturated carbocycles. The molecule has 2 N–H and O–H groups in total. The monoisotopic (exact) mass is 182 g/mol. The lowest BCUT2D eigenvalue weighted by Gasteiger charge is -2.34. The van der Waals surface area contributed by atoms with Crippen LogP contribution >= 0.6 is 0 Å². The summed E-state index contributed by atoms with van der Waals surface area (Å²) in [6.07, 6.45) is 3.94. The van der Waals surface area contributed by atoms with Gasteiger partial charge in [0.2, 0.25) is 0 Å². The van der Waals surface area contributed by atoms with Crippen LogP contribution in [0.4, 0.5) is 0 Å². The van der Waals surface area contributed by atoms with Crippen molar-refractivity contribution in [3.05, 3.63) is 25.3 Å². The van der Waals surface area contributed by atoms with Crippen LogP contribution in [0.2, 0.25) is 0 Å². The first kappa shape index (κ1) is 10.4. The highest BCUT2D eigenvalue weighted by atomic mass is 16.3. The summed E-state index contributed by atoms with van der Waals surface area (Å²) in [6, 6.07) is -0.00898. The zero-order valence-electron chi connectivity index (χ0n) is 7.95. The van der Waals surface area contributed by atoms with Gasteiger partial charge in [0.25, 0.3) is 0 Å². The van der Waals surface area contributed by atoms with E-state index in [4.69, 9.17) is 0 Å². The molecule has 0 aliphatic carbocycles. The Kier molecular flexibility index (Phi) is 4.15. The van der Waals surface area contributed by atoms with Crippen molar-refractivity contribution in [1.82, 2.24) is 10.2 Å². The van der Waals surface area contributed by atoms with Crippen LogP contribution in [0.15, 0.2) is 25.3 Å². The van der Waals surface area contributed by atoms with Crippen molar-refractivity contribution >= 4 is 0 Å². The quantitative estimate of drug-likeness (QED) is 0.615. The molecule has 0 spiro atoms. The number of nitrogens with zero attached hydrogens (tertiary/aromatic N) is 1. The third-order valence-electron chi connectivity index (χ3n) is 2.37. The lowest BCUT2D eigenvalue weighted by Crippen LogP contribution is -2.50. The molecule has 1 rings (SSSR count). The SMILES string of the molecule is C=CC(O)C(C=C)N1CCCNC1. The van der Waals surface area contributed by atoms with Crippen molar-refractivity contribution in [1.29, 1.82) is 0 Å². The molecule has 2 unspecified atom stereocenters. The van der Waals surface area contributed by atoms with Crippen LogP contribution in [0.25, 0.3) is 0 Å². The maximum absolute atomic E-state index is 9.61. The van der Waals surface area contributed by atoms with Crippen molar-refractivity contribution in [3.63, 3.8) is 0 Å². The smallest absolute Gasteiger partial charge is 0.0909 e. The first-order chi connectivity index (χ1) is 6.29. The minimum atomic E-state index is -0.516. The third kappa shape index (κ3) is 2.66. The van der Waals surface area contributed by atoms with E-state index < -0.39 is 6.10 Å². The van der Waals surface area contributed by atoms with Crippen molar-refractivity contribution in [3.8, 4) is 0 Å². The Balaban J connectivity index is 2.53. The molecule has 3 heteroatoms. The molecule has 3 nitrogen and oxygen atoms in total. The largest absolute Gasteiger partial charge is 0.387 e. The summed E-state index contributed by atoms with van der Waals surface area (Å²) in [5.74, 6) is 0. The summed E-state index contributed by atoms with van der Waals surface area (Å²) in [6.45, 7) is 10.2. The van der Waals surface area contributed by atoms with Gasteiger partial charge in [0.1, 0.15) is 0 Å². The lowest BCUT2D eigenvalue weighted by atomic mass is 10.1. The lowest BCUT2D eigenvalue weighted by molar-refractivity contribution is 0.0860. The van der Waals surface area contributed by atoms with E-state index in [1.165, 1.54) is 0 Å². The van der Waals surface area contributed by atoms with Gasteiger partial charge in [-0.1, -0.05) is 12.2 Å². The molecule has 0 aromatic carbocycles. The highest BCUT2D eigenvalue weighted by Gasteiger charge is 2.22. The van der Waals surface area contributed by atoms with Crippen molar-refractivity contribution in [2.24, 2.45) is 0 Å². The van der Waals surface area contributed by atoms with Crippen molar-refractivity contribution < 1.29 is 5.11 Å². The minimum Gasteiger partial charge on any atom is -0.387 e. The minimum absolute atomic E-state index is 0.00898. The number of rotatable bonds is 4. The third-order valence-corrected chi connectivity index (χ3v) is 2.37. The predicted octanol–water partition coefficient (Wildman–Crippen LogP) is 0.341. The first-order valence-electron chi connectivity index (χ1n) is 4.67. The molecule has 74 valence electrons. The standard InChI is InChI=1S/C10H18N2O/c1-3-9(10(13)4-2)12-7-5-6-11-8-12/h3-4,9-11,13H,1-2,5-8H2. The van der Waals surface area contributed by atoms with Crippen LogP contribution in [0.1, 0.15) is 6.42 Å². The van der Waals surface area contributed by atoms with E-state index in [-0.39, 0.29) is 6.04 Å². The highest BCUT2D eigenvalue weighted by molar-refractivity contribution is 5.00. The number of hydrogen-bond acceptors (Lipinski definition) is 3. The summed E-state index contributed by atoms with van der Waals surface area (Å²) in [5, 5.41) is 12.9. The van der Waals surface area contributed by atoms with Gasteiger partial charge in [-0.3, -0.25) is 4.90 Å². The fraction of sp³-hybridized carbons (Fsp3) is 0.600. The summed E-state index contributed by atoms with van der Waals surface area (Å²) in [5.41, 5.74) is 0. The van der Waals surface area contributed by atoms with E-state index in [0.717, 1.165) is 26.2 Å². The number of nitrogens with one attached hydrogen (secondary N) is 1. The maximum atomic E-state index is 9.61. The molecule has 1 fully saturated rings. The van der Waals surface area contributed by atoms with E-state index in [0.29, 0.717) is 0 Å². The van der Waals surface area contributed by atoms with Gasteiger partial charge in [0, 0.05) is 13.2 Å². The Morgan fingerprint density at radius 2 is 2.15 bits per heavy atom. The average Bonchev–Trinajstić information content (AvgIpc) is 2.20. The molecule has 0 bridgehead atoms. The summed E-state index contributed by atoms with van der Waals surface area (Å²) < 4.78 is 0. The molecular formula is C10H18N2O. The Hall–Kier alpha value is -0.640. The van der Waals surface area contributed by atoms with E-state index in [2.05, 4.69) is 23.4 Å². The maximum Gasteiger partial charge on any atom is 0.0909 e. The highest BCUT2D eigenvalue weighted by Crippen LogP contribution is 2.09. The second kappa shape index (κ2) is 5.17. The van der Waals surface area contributed by atoms with E-state index in [1.54, 1.807) is 12.2 Å². The molecule has 13 heavy (non-hydrogen) atoms. The van der Waals surface area contributed by atoms with Gasteiger partial charge in [-0.05, 0) is 13.0 Å². The van der Waals surface area contributed by atoms with Crippen LogP contribution in [0.3, 0.4) is 0 Å². The Morgan fingerprint density at radius 1 is 1.38 bits per heavy atom. The molecule has 2 atom stereocenters. The summed E-state index contributed by atoms with van der Waals surface area (Å²) in [4.78, 5) is 2.17. The van der Waals surface area contributed by atoms with Gasteiger partial charge in [-0.2, -0.15) is 0 Å². The number of aliphatic hydroxyl groups is 1. The molecule has 0 aromatic rings. The fourth-order valence-corrected chi connectivity index (χ4v) is 1.61. The molecule has 0 radical (unpaired) electrons. The van der Waals surface area contributed by atoms with Gasteiger partial charge in [0.05, 0.1) is 12.1 Å². The van der Waals surface area contributed by atoms with Crippen LogP contribution in [-0.2, 0) is 0 Å². The second-order valence-corrected chi connectivity index (χ2v) is 3.28. The Morgan fingerprint density at radius 3 is 2.62 bits per heavy atom. The molecule has 0 aromatic heterocycles. The zero-order valence-corrected chi connectivity index (χ0v) is 7.95. The van der Waals surface area contributed by atoms with Gasteiger partial charge in [0.15, 0.2) is 0 Å². The fourth-order valence-electron chi connectivity index (χ4n) is 1.61. The van der Waals surface area contributed by atoms with Crippen molar-refractivity contribution in [2.75, 3.05) is 19.8 Å². The van der Waals surface area contributed by atoms with Gasteiger partial charge in [-0.25, -0.2) is 0 Å². The molecule has 1 saturated heterocycles. The van der Waals surface area contributed by atoms with E-state index in [1.807, 2.05) is 0 Å². The zero-order chi connectivity index (χ0) is 9.68. The van der Waals surface area contributed by atoms with Crippen LogP contribution in [0.5, 0.6) is 0 Å². The molecule has 0 amide bonds. The topological polar surface area (TPSA) is 35.5 Å². The predicted molar refractivity (Wildman–Crippen MR) is 54.4 cm³/mol. The number of aliphatic hydroxyl groups excluding tert-OH is 1. The van der Waals surface area contributed by atoms with Crippen LogP contribution < -0.4 is 5.32 Å². The van der Waals surface area contributed by atoms with E-state index in [9.17, 15) is 5.11 Å². The molecule has 1 heterocycles. The van der Waals surface area contributed by atoms with Gasteiger partial charge in [-0.15, -0.1) is 13.2 Å². The summed E-state index contributed by atoms with van der Waals surface area (Å²) >= 11 is 0. The Bertz CT molecular complexity index is 176. The number of hydrogen-bond donors (Lipinski definition) is 2. The molecule has 1 aliphatic rings. The average molecular weight is 182 g/mol. The van der Waals surface area contributed by atoms with Gasteiger partial charge < -0.3 is 10.4 Å². The second-order valence-electron chi connectivity index (χ2n) is 3.28. The first-order valence-corrected chi connectivity index (χ1v) is 4.67. The normalized spacial score (nSPS) is 23.5. The summed E-state index contributed by atoms with van der Waals surface area (Å²) in [7, 11) is 0. The molecule has 1 aliphatic heterocycles.